The summed E-state index contributed by atoms with van der Waals surface area (Å²) in [4.78, 5) is 3.82. The van der Waals surface area contributed by atoms with Gasteiger partial charge in [-0.3, -0.25) is 0 Å². The van der Waals surface area contributed by atoms with Gasteiger partial charge >= 0.3 is 101 Å². The van der Waals surface area contributed by atoms with E-state index in [0.29, 0.717) is 0 Å². The van der Waals surface area contributed by atoms with E-state index in [0.717, 1.165) is 0 Å². The van der Waals surface area contributed by atoms with Crippen molar-refractivity contribution in [1.82, 2.24) is 12.1 Å². The molecule has 4 heteroatoms. The monoisotopic (exact) mass is 269 g/mol. The first-order valence-electron chi connectivity index (χ1n) is 6.31. The van der Waals surface area contributed by atoms with E-state index in [9.17, 15) is 0 Å². The Labute approximate surface area is 101 Å². The van der Waals surface area contributed by atoms with Crippen LogP contribution in [0, 0.1) is 0 Å². The maximum atomic E-state index is 2.80. The van der Waals surface area contributed by atoms with Crippen molar-refractivity contribution in [3.05, 3.63) is 0 Å². The third-order valence-corrected chi connectivity index (χ3v) is 11.5. The molecule has 1 saturated heterocycles. The summed E-state index contributed by atoms with van der Waals surface area (Å²) in [5.41, 5.74) is 0. The van der Waals surface area contributed by atoms with E-state index in [2.05, 4.69) is 40.1 Å². The fourth-order valence-corrected chi connectivity index (χ4v) is 9.63. The Kier molecular flexibility index (Phi) is 6.30. The van der Waals surface area contributed by atoms with Crippen molar-refractivity contribution in [3.63, 3.8) is 0 Å². The van der Waals surface area contributed by atoms with Gasteiger partial charge in [0.15, 0.2) is 0 Å². The number of likely N-dealkylation sites (N-methyl/N-ethyl adjacent to an activating group) is 2. The van der Waals surface area contributed by atoms with Crippen LogP contribution in [0.3, 0.4) is 0 Å². The molecule has 0 aromatic heterocycles. The van der Waals surface area contributed by atoms with Crippen LogP contribution in [0.4, 0.5) is 0 Å². The van der Waals surface area contributed by atoms with Gasteiger partial charge < -0.3 is 0 Å². The van der Waals surface area contributed by atoms with Gasteiger partial charge in [-0.05, 0) is 0 Å². The molecule has 1 heterocycles. The molecule has 3 nitrogen and oxygen atoms in total. The van der Waals surface area contributed by atoms with Gasteiger partial charge in [0.25, 0.3) is 0 Å². The molecule has 0 unspecified atom stereocenters. The van der Waals surface area contributed by atoms with Gasteiger partial charge in [-0.25, -0.2) is 0 Å². The number of rotatable bonds is 6. The Hall–Kier alpha value is 0.516. The van der Waals surface area contributed by atoms with Gasteiger partial charge in [-0.2, -0.15) is 0 Å². The molecule has 15 heavy (non-hydrogen) atoms. The molecule has 88 valence electrons. The standard InChI is InChI=1S/C6H14N2.C5H12N.Ga/c1-3-7-5-6-8-4-2;1-4-5-6(2)3;/h3-6H2,1-2H3;1,4-5H2,2-3H3;/q-2;;+2. The topological polar surface area (TPSA) is 9.72 Å². The first-order valence-corrected chi connectivity index (χ1v) is 10.2. The van der Waals surface area contributed by atoms with E-state index in [4.69, 9.17) is 0 Å². The zero-order valence-corrected chi connectivity index (χ0v) is 13.3. The quantitative estimate of drug-likeness (QED) is 0.669. The van der Waals surface area contributed by atoms with E-state index in [-0.39, 0.29) is 0 Å². The number of hydrogen-bond acceptors (Lipinski definition) is 3. The Balaban J connectivity index is 2.34. The summed E-state index contributed by atoms with van der Waals surface area (Å²) in [5, 5.41) is 0. The first kappa shape index (κ1) is 13.6. The van der Waals surface area contributed by atoms with Crippen LogP contribution in [-0.2, 0) is 0 Å². The Morgan fingerprint density at radius 1 is 1.07 bits per heavy atom. The van der Waals surface area contributed by atoms with E-state index in [1.807, 2.05) is 0 Å². The Morgan fingerprint density at radius 3 is 2.00 bits per heavy atom. The van der Waals surface area contributed by atoms with Gasteiger partial charge in [0.1, 0.15) is 0 Å². The van der Waals surface area contributed by atoms with Crippen LogP contribution in [0.15, 0.2) is 0 Å². The second-order valence-electron chi connectivity index (χ2n) is 4.68. The molecule has 0 amide bonds. The zero-order valence-electron chi connectivity index (χ0n) is 10.9. The van der Waals surface area contributed by atoms with Crippen molar-refractivity contribution >= 4 is 16.7 Å². The molecule has 0 aromatic rings. The summed E-state index contributed by atoms with van der Waals surface area (Å²) >= 11 is -1.23. The van der Waals surface area contributed by atoms with Gasteiger partial charge in [0.05, 0.1) is 0 Å². The van der Waals surface area contributed by atoms with Crippen LogP contribution in [0.2, 0.25) is 4.98 Å². The third-order valence-electron chi connectivity index (χ3n) is 3.40. The van der Waals surface area contributed by atoms with Crippen molar-refractivity contribution in [1.29, 1.82) is 0 Å². The summed E-state index contributed by atoms with van der Waals surface area (Å²) in [5.74, 6) is 0. The summed E-state index contributed by atoms with van der Waals surface area (Å²) in [7, 11) is 4.35. The predicted octanol–water partition coefficient (Wildman–Crippen LogP) is 1.08. The first-order chi connectivity index (χ1) is 7.19. The summed E-state index contributed by atoms with van der Waals surface area (Å²) in [6.07, 6.45) is 1.39. The van der Waals surface area contributed by atoms with Crippen molar-refractivity contribution in [2.75, 3.05) is 46.8 Å². The molecule has 0 aromatic carbocycles. The summed E-state index contributed by atoms with van der Waals surface area (Å²) in [6, 6.07) is 0. The number of nitrogens with zero attached hydrogens (tertiary/aromatic N) is 3. The maximum absolute atomic E-state index is 2.80. The van der Waals surface area contributed by atoms with Crippen molar-refractivity contribution in [2.24, 2.45) is 0 Å². The summed E-state index contributed by atoms with van der Waals surface area (Å²) < 4.78 is 5.60. The zero-order chi connectivity index (χ0) is 11.3. The van der Waals surface area contributed by atoms with E-state index >= 15 is 0 Å². The average molecular weight is 270 g/mol. The molecule has 1 rings (SSSR count). The molecule has 0 radical (unpaired) electrons. The predicted molar refractivity (Wildman–Crippen MR) is 68.2 cm³/mol. The van der Waals surface area contributed by atoms with Crippen LogP contribution in [0.5, 0.6) is 0 Å². The van der Waals surface area contributed by atoms with Crippen LogP contribution in [-0.4, -0.2) is 75.6 Å². The van der Waals surface area contributed by atoms with E-state index in [1.165, 1.54) is 44.1 Å². The Bertz CT molecular complexity index is 163. The van der Waals surface area contributed by atoms with E-state index in [1.54, 1.807) is 0 Å². The fraction of sp³-hybridized carbons (Fsp3) is 1.00. The molecule has 0 aliphatic carbocycles. The molecular formula is C11H26GaN3. The minimum atomic E-state index is -1.23. The minimum absolute atomic E-state index is 1.23. The van der Waals surface area contributed by atoms with Crippen LogP contribution in [0.25, 0.3) is 0 Å². The van der Waals surface area contributed by atoms with Gasteiger partial charge in [0, 0.05) is 0 Å². The molecule has 0 saturated carbocycles. The SMILES string of the molecule is CC[N]1CC[N](CC)[Ga]1[CH2]CCN(C)C. The molecule has 0 N–H and O–H groups in total. The van der Waals surface area contributed by atoms with Gasteiger partial charge in [0.2, 0.25) is 0 Å². The van der Waals surface area contributed by atoms with Gasteiger partial charge in [-0.1, -0.05) is 0 Å². The fourth-order valence-electron chi connectivity index (χ4n) is 2.48. The van der Waals surface area contributed by atoms with Crippen LogP contribution >= 0.6 is 0 Å². The van der Waals surface area contributed by atoms with Crippen LogP contribution < -0.4 is 0 Å². The Morgan fingerprint density at radius 2 is 1.60 bits per heavy atom. The van der Waals surface area contributed by atoms with Crippen molar-refractivity contribution < 1.29 is 0 Å². The van der Waals surface area contributed by atoms with E-state index < -0.39 is 16.7 Å². The number of hydrogen-bond donors (Lipinski definition) is 0. The summed E-state index contributed by atoms with van der Waals surface area (Å²) in [6.45, 7) is 11.2. The molecule has 1 fully saturated rings. The van der Waals surface area contributed by atoms with Crippen LogP contribution in [0.1, 0.15) is 20.3 Å². The normalized spacial score (nSPS) is 19.4. The third kappa shape index (κ3) is 4.11. The second-order valence-corrected chi connectivity index (χ2v) is 11.0. The molecule has 0 spiro atoms. The molecule has 1 aliphatic heterocycles. The molecular weight excluding hydrogens is 244 g/mol. The van der Waals surface area contributed by atoms with Gasteiger partial charge in [-0.15, -0.1) is 0 Å². The molecule has 0 bridgehead atoms. The average Bonchev–Trinajstić information content (AvgIpc) is 2.59. The van der Waals surface area contributed by atoms with Crippen molar-refractivity contribution in [3.8, 4) is 0 Å². The molecule has 0 atom stereocenters. The van der Waals surface area contributed by atoms with Crippen molar-refractivity contribution in [2.45, 2.75) is 25.2 Å². The second kappa shape index (κ2) is 6.96. The molecule has 1 aliphatic rings.